The molecule has 0 saturated carbocycles. The summed E-state index contributed by atoms with van der Waals surface area (Å²) in [6.07, 6.45) is -0.625. The Kier molecular flexibility index (Phi) is 9.18. The molecule has 0 bridgehead atoms. The molecule has 182 valence electrons. The van der Waals surface area contributed by atoms with Crippen LogP contribution in [0.15, 0.2) is 71.6 Å². The summed E-state index contributed by atoms with van der Waals surface area (Å²) in [5.74, 6) is 0.883. The van der Waals surface area contributed by atoms with E-state index < -0.39 is 17.7 Å². The lowest BCUT2D eigenvalue weighted by atomic mass is 9.97. The van der Waals surface area contributed by atoms with Gasteiger partial charge in [0.2, 0.25) is 0 Å². The summed E-state index contributed by atoms with van der Waals surface area (Å²) in [6.45, 7) is 4.04. The Morgan fingerprint density at radius 3 is 2.29 bits per heavy atom. The van der Waals surface area contributed by atoms with Gasteiger partial charge in [-0.05, 0) is 65.2 Å². The lowest BCUT2D eigenvalue weighted by molar-refractivity contribution is -0.0328. The molecule has 0 saturated heterocycles. The number of aliphatic hydroxyl groups is 1. The van der Waals surface area contributed by atoms with Gasteiger partial charge in [0.25, 0.3) is 0 Å². The lowest BCUT2D eigenvalue weighted by Crippen LogP contribution is -2.33. The Morgan fingerprint density at radius 2 is 1.62 bits per heavy atom. The number of ether oxygens (including phenoxy) is 1. The fourth-order valence-corrected chi connectivity index (χ4v) is 4.18. The Bertz CT molecular complexity index is 1110. The van der Waals surface area contributed by atoms with Crippen molar-refractivity contribution in [1.29, 1.82) is 0 Å². The molecule has 0 aliphatic rings. The predicted molar refractivity (Wildman–Crippen MR) is 132 cm³/mol. The van der Waals surface area contributed by atoms with Gasteiger partial charge in [-0.2, -0.15) is 13.2 Å². The third-order valence-electron chi connectivity index (χ3n) is 5.06. The normalized spacial score (nSPS) is 13.7. The molecule has 3 rings (SSSR count). The van der Waals surface area contributed by atoms with Gasteiger partial charge in [0.15, 0.2) is 0 Å². The monoisotopic (exact) mass is 529 g/mol. The summed E-state index contributed by atoms with van der Waals surface area (Å²) in [4.78, 5) is 0.0827. The van der Waals surface area contributed by atoms with Gasteiger partial charge in [-0.25, -0.2) is 0 Å². The first-order valence-electron chi connectivity index (χ1n) is 10.5. The number of alkyl halides is 3. The van der Waals surface area contributed by atoms with Gasteiger partial charge in [-0.15, -0.1) is 0 Å². The van der Waals surface area contributed by atoms with Crippen LogP contribution in [0.2, 0.25) is 10.0 Å². The minimum absolute atomic E-state index is 0.0138. The van der Waals surface area contributed by atoms with E-state index in [9.17, 15) is 18.3 Å². The van der Waals surface area contributed by atoms with E-state index in [1.165, 1.54) is 12.1 Å². The maximum Gasteiger partial charge on any atom is 0.446 e. The van der Waals surface area contributed by atoms with Crippen LogP contribution in [0.5, 0.6) is 11.5 Å². The van der Waals surface area contributed by atoms with Crippen molar-refractivity contribution in [2.75, 3.05) is 6.54 Å². The summed E-state index contributed by atoms with van der Waals surface area (Å²) in [5.41, 5.74) is -3.01. The van der Waals surface area contributed by atoms with Crippen molar-refractivity contribution < 1.29 is 23.0 Å². The molecular weight excluding hydrogens is 506 g/mol. The van der Waals surface area contributed by atoms with Crippen molar-refractivity contribution in [2.24, 2.45) is 5.92 Å². The summed E-state index contributed by atoms with van der Waals surface area (Å²) < 4.78 is 44.7. The Morgan fingerprint density at radius 1 is 0.971 bits per heavy atom. The highest BCUT2D eigenvalue weighted by molar-refractivity contribution is 8.00. The smallest absolute Gasteiger partial charge is 0.446 e. The summed E-state index contributed by atoms with van der Waals surface area (Å²) in [5, 5.41) is 14.2. The van der Waals surface area contributed by atoms with Gasteiger partial charge in [0.1, 0.15) is 16.5 Å². The number of nitrogens with one attached hydrogen (secondary N) is 1. The van der Waals surface area contributed by atoms with E-state index in [-0.39, 0.29) is 34.1 Å². The largest absolute Gasteiger partial charge is 0.456 e. The van der Waals surface area contributed by atoms with Crippen LogP contribution in [0.4, 0.5) is 13.2 Å². The molecule has 2 unspecified atom stereocenters. The Hall–Kier alpha value is -1.90. The SMILES string of the molecule is CC(C)C(O)CNC(c1cccc(Oc2cccc(Cl)c2Cl)c1)c1cccc(SC(F)(F)F)c1. The third kappa shape index (κ3) is 7.55. The van der Waals surface area contributed by atoms with E-state index >= 15 is 0 Å². The van der Waals surface area contributed by atoms with Crippen molar-refractivity contribution in [2.45, 2.75) is 36.4 Å². The molecule has 3 nitrogen and oxygen atoms in total. The molecule has 0 spiro atoms. The fraction of sp³-hybridized carbons (Fsp3) is 0.280. The zero-order valence-corrected chi connectivity index (χ0v) is 20.8. The van der Waals surface area contributed by atoms with E-state index in [0.717, 1.165) is 5.56 Å². The molecule has 0 aliphatic heterocycles. The molecular formula is C25H24Cl2F3NO2S. The standard InChI is InChI=1S/C25H24Cl2F3NO2S/c1-15(2)21(32)14-31-24(17-7-4-9-19(13-17)34-25(28,29)30)16-6-3-8-18(12-16)33-22-11-5-10-20(26)23(22)27/h3-13,15,21,24,31-32H,14H2,1-2H3. The molecule has 0 radical (unpaired) electrons. The molecule has 2 N–H and O–H groups in total. The topological polar surface area (TPSA) is 41.5 Å². The minimum atomic E-state index is -4.39. The molecule has 2 atom stereocenters. The quantitative estimate of drug-likeness (QED) is 0.275. The van der Waals surface area contributed by atoms with Crippen LogP contribution in [-0.2, 0) is 0 Å². The van der Waals surface area contributed by atoms with Crippen LogP contribution in [0.25, 0.3) is 0 Å². The summed E-state index contributed by atoms with van der Waals surface area (Å²) in [7, 11) is 0. The predicted octanol–water partition coefficient (Wildman–Crippen LogP) is 8.09. The first-order chi connectivity index (χ1) is 16.0. The highest BCUT2D eigenvalue weighted by Crippen LogP contribution is 2.39. The van der Waals surface area contributed by atoms with E-state index in [2.05, 4.69) is 5.32 Å². The van der Waals surface area contributed by atoms with Gasteiger partial charge in [0, 0.05) is 11.4 Å². The number of thioether (sulfide) groups is 1. The zero-order valence-electron chi connectivity index (χ0n) is 18.4. The molecule has 3 aromatic carbocycles. The summed E-state index contributed by atoms with van der Waals surface area (Å²) in [6, 6.07) is 18.0. The molecule has 3 aromatic rings. The van der Waals surface area contributed by atoms with Gasteiger partial charge in [-0.1, -0.05) is 67.4 Å². The molecule has 0 aliphatic carbocycles. The zero-order chi connectivity index (χ0) is 24.9. The van der Waals surface area contributed by atoms with Crippen LogP contribution >= 0.6 is 35.0 Å². The van der Waals surface area contributed by atoms with Crippen LogP contribution in [0, 0.1) is 5.92 Å². The van der Waals surface area contributed by atoms with Crippen molar-refractivity contribution in [3.63, 3.8) is 0 Å². The van der Waals surface area contributed by atoms with Crippen molar-refractivity contribution in [1.82, 2.24) is 5.32 Å². The van der Waals surface area contributed by atoms with E-state index in [4.69, 9.17) is 27.9 Å². The Balaban J connectivity index is 1.94. The van der Waals surface area contributed by atoms with E-state index in [1.807, 2.05) is 19.9 Å². The van der Waals surface area contributed by atoms with Crippen LogP contribution in [0.1, 0.15) is 31.0 Å². The highest BCUT2D eigenvalue weighted by atomic mass is 35.5. The van der Waals surface area contributed by atoms with Gasteiger partial charge >= 0.3 is 5.51 Å². The minimum Gasteiger partial charge on any atom is -0.456 e. The second kappa shape index (κ2) is 11.7. The van der Waals surface area contributed by atoms with Crippen LogP contribution < -0.4 is 10.1 Å². The average Bonchev–Trinajstić information content (AvgIpc) is 2.76. The number of benzene rings is 3. The molecule has 9 heteroatoms. The van der Waals surface area contributed by atoms with Crippen LogP contribution in [0.3, 0.4) is 0 Å². The number of hydrogen-bond donors (Lipinski definition) is 2. The number of rotatable bonds is 9. The second-order valence-corrected chi connectivity index (χ2v) is 9.92. The van der Waals surface area contributed by atoms with Gasteiger partial charge in [0.05, 0.1) is 17.2 Å². The first-order valence-corrected chi connectivity index (χ1v) is 12.1. The summed E-state index contributed by atoms with van der Waals surface area (Å²) >= 11 is 12.1. The van der Waals surface area contributed by atoms with E-state index in [0.29, 0.717) is 22.1 Å². The first kappa shape index (κ1) is 26.7. The Labute approximate surface area is 211 Å². The van der Waals surface area contributed by atoms with Gasteiger partial charge in [-0.3, -0.25) is 0 Å². The number of halogens is 5. The molecule has 0 heterocycles. The maximum atomic E-state index is 12.9. The highest BCUT2D eigenvalue weighted by Gasteiger charge is 2.29. The average molecular weight is 530 g/mol. The fourth-order valence-electron chi connectivity index (χ4n) is 3.24. The third-order valence-corrected chi connectivity index (χ3v) is 6.58. The van der Waals surface area contributed by atoms with Crippen molar-refractivity contribution in [3.8, 4) is 11.5 Å². The van der Waals surface area contributed by atoms with Crippen molar-refractivity contribution >= 4 is 35.0 Å². The number of aliphatic hydroxyl groups excluding tert-OH is 1. The molecule has 0 aromatic heterocycles. The van der Waals surface area contributed by atoms with E-state index in [1.54, 1.807) is 48.5 Å². The van der Waals surface area contributed by atoms with Crippen molar-refractivity contribution in [3.05, 3.63) is 87.9 Å². The number of hydrogen-bond acceptors (Lipinski definition) is 4. The van der Waals surface area contributed by atoms with Crippen LogP contribution in [-0.4, -0.2) is 23.3 Å². The lowest BCUT2D eigenvalue weighted by Gasteiger charge is -2.24. The molecule has 0 fully saturated rings. The molecule has 34 heavy (non-hydrogen) atoms. The molecule has 0 amide bonds. The van der Waals surface area contributed by atoms with Gasteiger partial charge < -0.3 is 15.2 Å². The second-order valence-electron chi connectivity index (χ2n) is 8.00. The maximum absolute atomic E-state index is 12.9.